The molecular weight excluding hydrogens is 414 g/mol. The summed E-state index contributed by atoms with van der Waals surface area (Å²) in [7, 11) is 0. The summed E-state index contributed by atoms with van der Waals surface area (Å²) in [6.07, 6.45) is 5.33. The monoisotopic (exact) mass is 451 g/mol. The number of aliphatic hydroxyl groups is 1. The van der Waals surface area contributed by atoms with Gasteiger partial charge in [-0.15, -0.1) is 0 Å². The van der Waals surface area contributed by atoms with Gasteiger partial charge in [-0.1, -0.05) is 20.8 Å². The third kappa shape index (κ3) is 4.53. The fourth-order valence-electron chi connectivity index (χ4n) is 6.85. The van der Waals surface area contributed by atoms with Crippen molar-refractivity contribution in [3.63, 3.8) is 0 Å². The summed E-state index contributed by atoms with van der Waals surface area (Å²) in [4.78, 5) is 27.9. The molecule has 0 aromatic heterocycles. The second-order valence-electron chi connectivity index (χ2n) is 10.9. The Balaban J connectivity index is 1.47. The number of rotatable bonds is 4. The molecule has 1 aliphatic heterocycles. The molecule has 2 N–H and O–H groups in total. The molecule has 0 radical (unpaired) electrons. The van der Waals surface area contributed by atoms with Crippen LogP contribution < -0.4 is 5.32 Å². The van der Waals surface area contributed by atoms with E-state index in [9.17, 15) is 14.7 Å². The Kier molecular flexibility index (Phi) is 6.81. The number of hydrogen-bond donors (Lipinski definition) is 2. The van der Waals surface area contributed by atoms with E-state index < -0.39 is 6.10 Å². The van der Waals surface area contributed by atoms with Crippen LogP contribution in [0.3, 0.4) is 0 Å². The molecule has 4 rings (SSSR count). The number of carbonyl (C=O) groups is 2. The lowest BCUT2D eigenvalue weighted by Gasteiger charge is -2.56. The van der Waals surface area contributed by atoms with Crippen molar-refractivity contribution in [3.8, 4) is 6.07 Å². The zero-order chi connectivity index (χ0) is 23.8. The van der Waals surface area contributed by atoms with Crippen molar-refractivity contribution in [3.05, 3.63) is 35.4 Å². The van der Waals surface area contributed by atoms with Gasteiger partial charge in [0.15, 0.2) is 0 Å². The fraction of sp³-hybridized carbons (Fsp3) is 0.667. The number of nitrogens with one attached hydrogen (secondary N) is 1. The smallest absolute Gasteiger partial charge is 0.251 e. The van der Waals surface area contributed by atoms with Crippen molar-refractivity contribution in [2.24, 2.45) is 29.1 Å². The number of nitrogens with zero attached hydrogens (tertiary/aromatic N) is 2. The minimum Gasteiger partial charge on any atom is -0.392 e. The molecule has 178 valence electrons. The Labute approximate surface area is 197 Å². The van der Waals surface area contributed by atoms with Gasteiger partial charge in [-0.05, 0) is 86.0 Å². The number of hydrogen-bond acceptors (Lipinski definition) is 4. The molecule has 2 amide bonds. The van der Waals surface area contributed by atoms with Gasteiger partial charge < -0.3 is 15.3 Å². The number of amides is 2. The maximum atomic E-state index is 13.1. The zero-order valence-corrected chi connectivity index (χ0v) is 20.1. The minimum atomic E-state index is -0.546. The predicted molar refractivity (Wildman–Crippen MR) is 126 cm³/mol. The van der Waals surface area contributed by atoms with E-state index in [0.29, 0.717) is 11.1 Å². The van der Waals surface area contributed by atoms with E-state index in [1.165, 1.54) is 0 Å². The van der Waals surface area contributed by atoms with Gasteiger partial charge in [-0.3, -0.25) is 9.59 Å². The number of carbonyl (C=O) groups excluding carboxylic acids is 2. The van der Waals surface area contributed by atoms with Crippen LogP contribution in [0.5, 0.6) is 0 Å². The number of benzene rings is 1. The van der Waals surface area contributed by atoms with Crippen LogP contribution in [-0.4, -0.2) is 47.1 Å². The van der Waals surface area contributed by atoms with Crippen LogP contribution in [0.1, 0.15) is 75.2 Å². The van der Waals surface area contributed by atoms with Gasteiger partial charge in [0, 0.05) is 30.6 Å². The molecule has 7 atom stereocenters. The summed E-state index contributed by atoms with van der Waals surface area (Å²) in [6.45, 7) is 8.10. The number of fused-ring (bicyclic) bond motifs is 1. The summed E-state index contributed by atoms with van der Waals surface area (Å²) in [5.74, 6) is -0.00760. The molecule has 6 nitrogen and oxygen atoms in total. The zero-order valence-electron chi connectivity index (χ0n) is 20.1. The van der Waals surface area contributed by atoms with Crippen LogP contribution in [0.15, 0.2) is 24.3 Å². The Morgan fingerprint density at radius 1 is 1.18 bits per heavy atom. The van der Waals surface area contributed by atoms with Gasteiger partial charge >= 0.3 is 0 Å². The van der Waals surface area contributed by atoms with E-state index in [2.05, 4.69) is 25.2 Å². The van der Waals surface area contributed by atoms with E-state index in [-0.39, 0.29) is 46.9 Å². The first-order valence-electron chi connectivity index (χ1n) is 12.5. The average molecular weight is 452 g/mol. The molecule has 0 spiro atoms. The normalized spacial score (nSPS) is 34.8. The van der Waals surface area contributed by atoms with Crippen LogP contribution in [-0.2, 0) is 4.79 Å². The van der Waals surface area contributed by atoms with Crippen molar-refractivity contribution in [2.45, 2.75) is 71.4 Å². The van der Waals surface area contributed by atoms with Crippen molar-refractivity contribution in [1.29, 1.82) is 5.26 Å². The maximum Gasteiger partial charge on any atom is 0.251 e. The quantitative estimate of drug-likeness (QED) is 0.729. The largest absolute Gasteiger partial charge is 0.392 e. The highest BCUT2D eigenvalue weighted by molar-refractivity contribution is 5.94. The SMILES string of the molecule is C[C@H]1[C@@H]2[C@@H](O)C([C@H](C)C(=O)N3CCCC3)CC[C@@]2(C)CC[C@@H]1NC(=O)c1ccc(C#N)cc1. The predicted octanol–water partition coefficient (Wildman–Crippen LogP) is 3.74. The number of aliphatic hydroxyl groups excluding tert-OH is 1. The molecule has 6 heteroatoms. The molecule has 1 unspecified atom stereocenters. The van der Waals surface area contributed by atoms with Gasteiger partial charge in [0.25, 0.3) is 5.91 Å². The van der Waals surface area contributed by atoms with E-state index in [0.717, 1.165) is 51.6 Å². The van der Waals surface area contributed by atoms with Gasteiger partial charge in [0.05, 0.1) is 17.7 Å². The standard InChI is InChI=1S/C27H37N3O3/c1-17(26(33)30-14-4-5-15-30)21-10-12-27(3)13-11-22(18(2)23(27)24(21)31)29-25(32)20-8-6-19(16-28)7-9-20/h6-9,17-18,21-24,31H,4-5,10-15H2,1-3H3,(H,29,32)/t17-,18+,21?,22-,23+,24-,27-/m0/s1. The molecule has 2 saturated carbocycles. The molecule has 1 heterocycles. The highest BCUT2D eigenvalue weighted by Gasteiger charge is 2.54. The lowest BCUT2D eigenvalue weighted by molar-refractivity contribution is -0.149. The van der Waals surface area contributed by atoms with Crippen molar-refractivity contribution in [2.75, 3.05) is 13.1 Å². The molecule has 33 heavy (non-hydrogen) atoms. The first-order chi connectivity index (χ1) is 15.7. The summed E-state index contributed by atoms with van der Waals surface area (Å²) < 4.78 is 0. The van der Waals surface area contributed by atoms with Crippen molar-refractivity contribution in [1.82, 2.24) is 10.2 Å². The van der Waals surface area contributed by atoms with E-state index in [1.54, 1.807) is 24.3 Å². The van der Waals surface area contributed by atoms with Crippen LogP contribution in [0.25, 0.3) is 0 Å². The molecule has 1 aromatic carbocycles. The topological polar surface area (TPSA) is 93.4 Å². The second-order valence-corrected chi connectivity index (χ2v) is 10.9. The van der Waals surface area contributed by atoms with Gasteiger partial charge in [-0.25, -0.2) is 0 Å². The Morgan fingerprint density at radius 3 is 2.45 bits per heavy atom. The summed E-state index contributed by atoms with van der Waals surface area (Å²) in [5, 5.41) is 23.8. The maximum absolute atomic E-state index is 13.1. The number of nitriles is 1. The first-order valence-corrected chi connectivity index (χ1v) is 12.5. The summed E-state index contributed by atoms with van der Waals surface area (Å²) in [6, 6.07) is 8.73. The Bertz CT molecular complexity index is 918. The van der Waals surface area contributed by atoms with Crippen molar-refractivity contribution < 1.29 is 14.7 Å². The van der Waals surface area contributed by atoms with Crippen LogP contribution in [0.4, 0.5) is 0 Å². The highest BCUT2D eigenvalue weighted by Crippen LogP contribution is 2.55. The Morgan fingerprint density at radius 2 is 1.82 bits per heavy atom. The highest BCUT2D eigenvalue weighted by atomic mass is 16.3. The van der Waals surface area contributed by atoms with Gasteiger partial charge in [0.2, 0.25) is 5.91 Å². The number of likely N-dealkylation sites (tertiary alicyclic amines) is 1. The summed E-state index contributed by atoms with van der Waals surface area (Å²) >= 11 is 0. The van der Waals surface area contributed by atoms with E-state index >= 15 is 0 Å². The molecule has 2 aliphatic carbocycles. The van der Waals surface area contributed by atoms with E-state index in [1.807, 2.05) is 11.8 Å². The molecule has 3 aliphatic rings. The first kappa shape index (κ1) is 23.8. The Hall–Kier alpha value is -2.39. The van der Waals surface area contributed by atoms with Crippen LogP contribution in [0.2, 0.25) is 0 Å². The van der Waals surface area contributed by atoms with Crippen LogP contribution in [0, 0.1) is 40.4 Å². The third-order valence-corrected chi connectivity index (χ3v) is 8.93. The van der Waals surface area contributed by atoms with Gasteiger partial charge in [0.1, 0.15) is 0 Å². The van der Waals surface area contributed by atoms with Gasteiger partial charge in [-0.2, -0.15) is 5.26 Å². The molecule has 1 saturated heterocycles. The van der Waals surface area contributed by atoms with E-state index in [4.69, 9.17) is 5.26 Å². The minimum absolute atomic E-state index is 0.0239. The second kappa shape index (κ2) is 9.46. The lowest BCUT2D eigenvalue weighted by atomic mass is 9.51. The van der Waals surface area contributed by atoms with Crippen LogP contribution >= 0.6 is 0 Å². The summed E-state index contributed by atoms with van der Waals surface area (Å²) in [5.41, 5.74) is 1.10. The van der Waals surface area contributed by atoms with Crippen molar-refractivity contribution >= 4 is 11.8 Å². The average Bonchev–Trinajstić information content (AvgIpc) is 3.35. The third-order valence-electron chi connectivity index (χ3n) is 8.93. The molecular formula is C27H37N3O3. The molecule has 0 bridgehead atoms. The fourth-order valence-corrected chi connectivity index (χ4v) is 6.85. The lowest BCUT2D eigenvalue weighted by Crippen LogP contribution is -2.58. The molecule has 3 fully saturated rings. The molecule has 1 aromatic rings.